The van der Waals surface area contributed by atoms with E-state index in [-0.39, 0.29) is 5.91 Å². The zero-order valence-electron chi connectivity index (χ0n) is 11.4. The van der Waals surface area contributed by atoms with Crippen molar-refractivity contribution < 1.29 is 4.79 Å². The number of amides is 1. The third-order valence-corrected chi connectivity index (χ3v) is 4.16. The minimum Gasteiger partial charge on any atom is -0.307 e. The van der Waals surface area contributed by atoms with Crippen LogP contribution in [0.1, 0.15) is 32.6 Å². The Morgan fingerprint density at radius 2 is 1.90 bits per heavy atom. The van der Waals surface area contributed by atoms with Crippen molar-refractivity contribution in [2.24, 2.45) is 0 Å². The average molecular weight is 261 g/mol. The van der Waals surface area contributed by atoms with Gasteiger partial charge in [0.25, 0.3) is 5.91 Å². The van der Waals surface area contributed by atoms with E-state index in [1.54, 1.807) is 0 Å². The highest BCUT2D eigenvalue weighted by Gasteiger charge is 2.31. The van der Waals surface area contributed by atoms with Gasteiger partial charge < -0.3 is 4.90 Å². The number of hydrogen-bond acceptors (Lipinski definition) is 1. The van der Waals surface area contributed by atoms with E-state index < -0.39 is 0 Å². The summed E-state index contributed by atoms with van der Waals surface area (Å²) >= 11 is 0. The molecule has 2 aliphatic rings. The van der Waals surface area contributed by atoms with Gasteiger partial charge in [-0.3, -0.25) is 4.79 Å². The Hall–Kier alpha value is -2.35. The summed E-state index contributed by atoms with van der Waals surface area (Å²) < 4.78 is 0. The predicted molar refractivity (Wildman–Crippen MR) is 79.2 cm³/mol. The molecule has 0 bridgehead atoms. The van der Waals surface area contributed by atoms with Gasteiger partial charge in [0.2, 0.25) is 0 Å². The second-order valence-electron chi connectivity index (χ2n) is 5.56. The highest BCUT2D eigenvalue weighted by molar-refractivity contribution is 6.00. The van der Waals surface area contributed by atoms with E-state index in [0.717, 1.165) is 28.8 Å². The molecular weight excluding hydrogens is 246 g/mol. The van der Waals surface area contributed by atoms with E-state index in [4.69, 9.17) is 0 Å². The van der Waals surface area contributed by atoms with E-state index in [1.807, 2.05) is 24.0 Å². The van der Waals surface area contributed by atoms with Gasteiger partial charge in [0.1, 0.15) is 0 Å². The summed E-state index contributed by atoms with van der Waals surface area (Å²) in [5.41, 5.74) is 6.80. The highest BCUT2D eigenvalue weighted by atomic mass is 16.2. The molecule has 1 aliphatic carbocycles. The van der Waals surface area contributed by atoms with E-state index in [9.17, 15) is 4.79 Å². The molecule has 0 fully saturated rings. The molecule has 0 saturated carbocycles. The molecule has 0 unspecified atom stereocenters. The van der Waals surface area contributed by atoms with Crippen molar-refractivity contribution in [1.29, 1.82) is 0 Å². The van der Waals surface area contributed by atoms with Gasteiger partial charge in [-0.25, -0.2) is 0 Å². The molecule has 20 heavy (non-hydrogen) atoms. The van der Waals surface area contributed by atoms with Crippen LogP contribution in [0.2, 0.25) is 0 Å². The Morgan fingerprint density at radius 3 is 2.75 bits per heavy atom. The fourth-order valence-corrected chi connectivity index (χ4v) is 3.08. The van der Waals surface area contributed by atoms with Gasteiger partial charge in [-0.1, -0.05) is 42.0 Å². The fraction of sp³-hybridized carbons (Fsp3) is 0.167. The summed E-state index contributed by atoms with van der Waals surface area (Å²) in [7, 11) is 0. The maximum absolute atomic E-state index is 12.6. The molecule has 2 heteroatoms. The lowest BCUT2D eigenvalue weighted by atomic mass is 10.1. The third kappa shape index (κ3) is 1.61. The first-order valence-electron chi connectivity index (χ1n) is 6.92. The summed E-state index contributed by atoms with van der Waals surface area (Å²) in [6, 6.07) is 14.5. The highest BCUT2D eigenvalue weighted by Crippen LogP contribution is 2.33. The van der Waals surface area contributed by atoms with Crippen LogP contribution in [-0.4, -0.2) is 10.8 Å². The molecule has 2 aromatic rings. The van der Waals surface area contributed by atoms with Gasteiger partial charge >= 0.3 is 0 Å². The predicted octanol–water partition coefficient (Wildman–Crippen LogP) is 3.55. The lowest BCUT2D eigenvalue weighted by Crippen LogP contribution is -2.23. The SMILES string of the molecule is Cc1ccc2c(c1)C(=O)N(C1=Cc3ccccc3C1)C2. The largest absolute Gasteiger partial charge is 0.307 e. The lowest BCUT2D eigenvalue weighted by molar-refractivity contribution is 0.0825. The second kappa shape index (κ2) is 4.07. The Balaban J connectivity index is 1.69. The Labute approximate surface area is 118 Å². The first-order chi connectivity index (χ1) is 9.72. The van der Waals surface area contributed by atoms with Crippen molar-refractivity contribution >= 4 is 12.0 Å². The van der Waals surface area contributed by atoms with Crippen molar-refractivity contribution in [2.75, 3.05) is 0 Å². The van der Waals surface area contributed by atoms with Crippen molar-refractivity contribution in [1.82, 2.24) is 4.90 Å². The van der Waals surface area contributed by atoms with Crippen molar-refractivity contribution in [3.63, 3.8) is 0 Å². The molecule has 98 valence electrons. The quantitative estimate of drug-likeness (QED) is 0.768. The third-order valence-electron chi connectivity index (χ3n) is 4.16. The summed E-state index contributed by atoms with van der Waals surface area (Å²) in [6.07, 6.45) is 3.00. The number of benzene rings is 2. The number of rotatable bonds is 1. The molecule has 0 radical (unpaired) electrons. The lowest BCUT2D eigenvalue weighted by Gasteiger charge is -2.16. The molecule has 1 amide bonds. The van der Waals surface area contributed by atoms with Crippen LogP contribution in [0.25, 0.3) is 6.08 Å². The van der Waals surface area contributed by atoms with Crippen LogP contribution in [0.5, 0.6) is 0 Å². The van der Waals surface area contributed by atoms with Gasteiger partial charge in [0.05, 0.1) is 6.54 Å². The first kappa shape index (κ1) is 11.5. The molecule has 2 nitrogen and oxygen atoms in total. The molecular formula is C18H15NO. The zero-order valence-corrected chi connectivity index (χ0v) is 11.4. The van der Waals surface area contributed by atoms with Crippen molar-refractivity contribution in [3.8, 4) is 0 Å². The second-order valence-corrected chi connectivity index (χ2v) is 5.56. The standard InChI is InChI=1S/C18H15NO/c1-12-6-7-15-11-19(18(20)17(15)8-12)16-9-13-4-2-3-5-14(13)10-16/h2-9H,10-11H2,1H3. The summed E-state index contributed by atoms with van der Waals surface area (Å²) in [6.45, 7) is 2.73. The molecule has 0 N–H and O–H groups in total. The summed E-state index contributed by atoms with van der Waals surface area (Å²) in [4.78, 5) is 14.5. The summed E-state index contributed by atoms with van der Waals surface area (Å²) in [5.74, 6) is 0.141. The molecule has 0 atom stereocenters. The number of carbonyl (C=O) groups is 1. The van der Waals surface area contributed by atoms with Crippen LogP contribution in [0.4, 0.5) is 0 Å². The monoisotopic (exact) mass is 261 g/mol. The molecule has 1 heterocycles. The van der Waals surface area contributed by atoms with Gasteiger partial charge in [-0.15, -0.1) is 0 Å². The van der Waals surface area contributed by atoms with Crippen molar-refractivity contribution in [2.45, 2.75) is 19.9 Å². The number of carbonyl (C=O) groups excluding carboxylic acids is 1. The van der Waals surface area contributed by atoms with Crippen LogP contribution in [0, 0.1) is 6.92 Å². The van der Waals surface area contributed by atoms with Crippen LogP contribution in [0.3, 0.4) is 0 Å². The average Bonchev–Trinajstić information content (AvgIpc) is 3.01. The van der Waals surface area contributed by atoms with E-state index in [1.165, 1.54) is 11.1 Å². The van der Waals surface area contributed by atoms with Crippen LogP contribution in [0.15, 0.2) is 48.2 Å². The fourth-order valence-electron chi connectivity index (χ4n) is 3.08. The Bertz CT molecular complexity index is 758. The number of nitrogens with zero attached hydrogens (tertiary/aromatic N) is 1. The Kier molecular flexibility index (Phi) is 2.34. The van der Waals surface area contributed by atoms with Crippen LogP contribution >= 0.6 is 0 Å². The Morgan fingerprint density at radius 1 is 1.05 bits per heavy atom. The van der Waals surface area contributed by atoms with Crippen molar-refractivity contribution in [3.05, 3.63) is 76.0 Å². The van der Waals surface area contributed by atoms with Gasteiger partial charge in [-0.05, 0) is 35.8 Å². The van der Waals surface area contributed by atoms with Crippen LogP contribution in [-0.2, 0) is 13.0 Å². The minimum atomic E-state index is 0.141. The number of fused-ring (bicyclic) bond motifs is 2. The molecule has 0 aromatic heterocycles. The van der Waals surface area contributed by atoms with Gasteiger partial charge in [0, 0.05) is 17.7 Å². The normalized spacial score (nSPS) is 16.1. The zero-order chi connectivity index (χ0) is 13.7. The molecule has 0 saturated heterocycles. The molecule has 4 rings (SSSR count). The maximum Gasteiger partial charge on any atom is 0.258 e. The smallest absolute Gasteiger partial charge is 0.258 e. The number of allylic oxidation sites excluding steroid dienone is 1. The molecule has 2 aromatic carbocycles. The first-order valence-corrected chi connectivity index (χ1v) is 6.92. The van der Waals surface area contributed by atoms with E-state index in [2.05, 4.69) is 36.4 Å². The number of aryl methyl sites for hydroxylation is 1. The van der Waals surface area contributed by atoms with Crippen LogP contribution < -0.4 is 0 Å². The molecule has 1 aliphatic heterocycles. The topological polar surface area (TPSA) is 20.3 Å². The van der Waals surface area contributed by atoms with Gasteiger partial charge in [-0.2, -0.15) is 0 Å². The van der Waals surface area contributed by atoms with Gasteiger partial charge in [0.15, 0.2) is 0 Å². The number of hydrogen-bond donors (Lipinski definition) is 0. The summed E-state index contributed by atoms with van der Waals surface area (Å²) in [5, 5.41) is 0. The van der Waals surface area contributed by atoms with E-state index >= 15 is 0 Å². The van der Waals surface area contributed by atoms with E-state index in [0.29, 0.717) is 6.54 Å². The maximum atomic E-state index is 12.6. The minimum absolute atomic E-state index is 0.141. The molecule has 0 spiro atoms.